The third kappa shape index (κ3) is 5.94. The number of thiophene rings is 4. The second kappa shape index (κ2) is 13.6. The number of nitrogens with zero attached hydrogens (tertiary/aromatic N) is 5. The van der Waals surface area contributed by atoms with E-state index in [1.165, 1.54) is 37.0 Å². The van der Waals surface area contributed by atoms with Crippen molar-refractivity contribution >= 4 is 109 Å². The summed E-state index contributed by atoms with van der Waals surface area (Å²) in [6.45, 7) is 13.3. The topological polar surface area (TPSA) is 56.5 Å². The fourth-order valence-electron chi connectivity index (χ4n) is 7.48. The minimum atomic E-state index is -0.150. The number of rotatable bonds is 10. The summed E-state index contributed by atoms with van der Waals surface area (Å²) in [5.41, 5.74) is 11.9. The first-order valence-electron chi connectivity index (χ1n) is 18.4. The van der Waals surface area contributed by atoms with E-state index < -0.39 is 0 Å². The van der Waals surface area contributed by atoms with E-state index in [0.29, 0.717) is 17.4 Å². The number of hydrogen-bond acceptors (Lipinski definition) is 9. The summed E-state index contributed by atoms with van der Waals surface area (Å²) in [5.74, 6) is 1.06. The molecule has 0 aliphatic carbocycles. The number of aryl methyl sites for hydroxylation is 4. The molecule has 270 valence electrons. The minimum absolute atomic E-state index is 0.150. The molecule has 5 nitrogen and oxygen atoms in total. The van der Waals surface area contributed by atoms with Gasteiger partial charge in [-0.05, 0) is 79.8 Å². The largest absolute Gasteiger partial charge is 0.342 e. The molecule has 11 heteroatoms. The number of hydrogen-bond donors (Lipinski definition) is 0. The summed E-state index contributed by atoms with van der Waals surface area (Å²) in [6, 6.07) is 14.8. The van der Waals surface area contributed by atoms with Crippen molar-refractivity contribution in [3.05, 3.63) is 70.1 Å². The zero-order chi connectivity index (χ0) is 36.7. The van der Waals surface area contributed by atoms with Crippen molar-refractivity contribution in [1.29, 1.82) is 0 Å². The zero-order valence-corrected chi connectivity index (χ0v) is 35.0. The molecule has 0 amide bonds. The standard InChI is InChI=1S/C42H40FN5S5/c1-8-26-27(9-2)45-38-36(34-19-32-31(51-34)18-30(50-32)24-13-12-22(15-25(24)43)11-10-20(3)4)40-39(46-53-47-40)35(37(38)44-26)33-17-29-42(52-33)41-28(48(29)7)16-23(49-41)14-21(5)6/h12-13,15-21H,8-11,14H2,1-7H3. The Morgan fingerprint density at radius 2 is 1.28 bits per heavy atom. The molecule has 0 unspecified atom stereocenters. The van der Waals surface area contributed by atoms with Crippen LogP contribution in [0.3, 0.4) is 0 Å². The van der Waals surface area contributed by atoms with Crippen molar-refractivity contribution in [3.63, 3.8) is 0 Å². The fourth-order valence-corrected chi connectivity index (χ4v) is 13.3. The van der Waals surface area contributed by atoms with Crippen LogP contribution < -0.4 is 0 Å². The van der Waals surface area contributed by atoms with Crippen LogP contribution in [0.15, 0.2) is 42.5 Å². The molecular weight excluding hydrogens is 754 g/mol. The third-order valence-electron chi connectivity index (χ3n) is 10.2. The Morgan fingerprint density at radius 3 is 1.91 bits per heavy atom. The summed E-state index contributed by atoms with van der Waals surface area (Å²) in [5, 5.41) is 0. The Labute approximate surface area is 328 Å². The first-order chi connectivity index (χ1) is 25.6. The van der Waals surface area contributed by atoms with Gasteiger partial charge < -0.3 is 4.57 Å². The fraction of sp³-hybridized carbons (Fsp3) is 0.333. The lowest BCUT2D eigenvalue weighted by molar-refractivity contribution is 0.582. The molecule has 0 radical (unpaired) electrons. The lowest BCUT2D eigenvalue weighted by atomic mass is 10.0. The molecule has 9 rings (SSSR count). The van der Waals surface area contributed by atoms with Gasteiger partial charge >= 0.3 is 0 Å². The van der Waals surface area contributed by atoms with E-state index in [-0.39, 0.29) is 5.82 Å². The van der Waals surface area contributed by atoms with Crippen molar-refractivity contribution in [1.82, 2.24) is 23.3 Å². The van der Waals surface area contributed by atoms with Crippen LogP contribution in [0.4, 0.5) is 4.39 Å². The molecule has 2 aromatic carbocycles. The van der Waals surface area contributed by atoms with Gasteiger partial charge in [0.25, 0.3) is 0 Å². The SMILES string of the molecule is CCc1nc2c(-c3cc4sc(-c5ccc(CCC(C)C)cc5F)cc4s3)c3nsnc3c(-c3cc4c(s3)c3sc(CC(C)C)cc3n4C)c2nc1CC. The highest BCUT2D eigenvalue weighted by atomic mass is 32.1. The predicted octanol–water partition coefficient (Wildman–Crippen LogP) is 13.7. The second-order valence-electron chi connectivity index (χ2n) is 14.8. The average Bonchev–Trinajstić information content (AvgIpc) is 3.98. The second-order valence-corrected chi connectivity index (χ2v) is 19.7. The summed E-state index contributed by atoms with van der Waals surface area (Å²) in [7, 11) is 2.18. The lowest BCUT2D eigenvalue weighted by Crippen LogP contribution is -2.03. The van der Waals surface area contributed by atoms with E-state index in [0.717, 1.165) is 106 Å². The Morgan fingerprint density at radius 1 is 0.679 bits per heavy atom. The van der Waals surface area contributed by atoms with Gasteiger partial charge in [-0.15, -0.1) is 45.3 Å². The predicted molar refractivity (Wildman–Crippen MR) is 230 cm³/mol. The van der Waals surface area contributed by atoms with Gasteiger partial charge in [-0.2, -0.15) is 8.75 Å². The third-order valence-corrected chi connectivity index (χ3v) is 15.5. The van der Waals surface area contributed by atoms with Gasteiger partial charge in [-0.1, -0.05) is 53.7 Å². The zero-order valence-electron chi connectivity index (χ0n) is 30.9. The van der Waals surface area contributed by atoms with Crippen LogP contribution >= 0.6 is 57.1 Å². The lowest BCUT2D eigenvalue weighted by Gasteiger charge is -2.13. The van der Waals surface area contributed by atoms with Crippen LogP contribution in [0, 0.1) is 17.7 Å². The Kier molecular flexibility index (Phi) is 9.01. The van der Waals surface area contributed by atoms with Gasteiger partial charge in [0.15, 0.2) is 0 Å². The molecule has 0 bridgehead atoms. The minimum Gasteiger partial charge on any atom is -0.342 e. The van der Waals surface area contributed by atoms with Crippen molar-refractivity contribution in [2.75, 3.05) is 0 Å². The number of fused-ring (bicyclic) bond motifs is 6. The molecule has 0 aliphatic heterocycles. The first kappa shape index (κ1) is 35.1. The smallest absolute Gasteiger partial charge is 0.132 e. The van der Waals surface area contributed by atoms with Gasteiger partial charge in [0.1, 0.15) is 27.9 Å². The van der Waals surface area contributed by atoms with Crippen LogP contribution in [0.2, 0.25) is 0 Å². The van der Waals surface area contributed by atoms with Crippen LogP contribution in [0.25, 0.3) is 83.2 Å². The molecule has 7 aromatic heterocycles. The van der Waals surface area contributed by atoms with E-state index in [1.54, 1.807) is 28.7 Å². The molecule has 0 N–H and O–H groups in total. The highest BCUT2D eigenvalue weighted by molar-refractivity contribution is 7.31. The number of aromatic nitrogens is 5. The molecule has 0 saturated heterocycles. The van der Waals surface area contributed by atoms with Crippen molar-refractivity contribution in [3.8, 4) is 31.3 Å². The van der Waals surface area contributed by atoms with E-state index in [9.17, 15) is 0 Å². The van der Waals surface area contributed by atoms with E-state index >= 15 is 4.39 Å². The van der Waals surface area contributed by atoms with Gasteiger partial charge in [-0.25, -0.2) is 14.4 Å². The Hall–Kier alpha value is -3.61. The van der Waals surface area contributed by atoms with Crippen LogP contribution in [0.5, 0.6) is 0 Å². The van der Waals surface area contributed by atoms with Crippen LogP contribution in [-0.2, 0) is 32.7 Å². The van der Waals surface area contributed by atoms with Crippen molar-refractivity contribution in [2.24, 2.45) is 18.9 Å². The normalized spacial score (nSPS) is 12.5. The number of halogens is 1. The molecular formula is C42H40FN5S5. The molecule has 0 spiro atoms. The van der Waals surface area contributed by atoms with Crippen LogP contribution in [-0.4, -0.2) is 23.3 Å². The van der Waals surface area contributed by atoms with Crippen molar-refractivity contribution in [2.45, 2.75) is 73.6 Å². The maximum atomic E-state index is 15.4. The molecule has 0 aliphatic rings. The van der Waals surface area contributed by atoms with Gasteiger partial charge in [0.05, 0.1) is 43.5 Å². The van der Waals surface area contributed by atoms with E-state index in [1.807, 2.05) is 28.7 Å². The maximum absolute atomic E-state index is 15.4. The summed E-state index contributed by atoms with van der Waals surface area (Å²) in [6.07, 6.45) is 4.65. The monoisotopic (exact) mass is 793 g/mol. The quantitative estimate of drug-likeness (QED) is 0.138. The molecule has 9 aromatic rings. The van der Waals surface area contributed by atoms with Crippen LogP contribution in [0.1, 0.15) is 69.8 Å². The Bertz CT molecular complexity index is 2810. The Balaban J connectivity index is 1.20. The first-order valence-corrected chi connectivity index (χ1v) is 22.4. The highest BCUT2D eigenvalue weighted by Crippen LogP contribution is 2.50. The summed E-state index contributed by atoms with van der Waals surface area (Å²) < 4.78 is 32.6. The summed E-state index contributed by atoms with van der Waals surface area (Å²) >= 11 is 8.37. The van der Waals surface area contributed by atoms with E-state index in [2.05, 4.69) is 83.5 Å². The van der Waals surface area contributed by atoms with Gasteiger partial charge in [0, 0.05) is 52.6 Å². The summed E-state index contributed by atoms with van der Waals surface area (Å²) in [4.78, 5) is 15.4. The average molecular weight is 794 g/mol. The molecule has 0 fully saturated rings. The molecule has 53 heavy (non-hydrogen) atoms. The molecule has 7 heterocycles. The van der Waals surface area contributed by atoms with Gasteiger partial charge in [0.2, 0.25) is 0 Å². The van der Waals surface area contributed by atoms with Gasteiger partial charge in [-0.3, -0.25) is 0 Å². The molecule has 0 atom stereocenters. The van der Waals surface area contributed by atoms with Crippen molar-refractivity contribution < 1.29 is 4.39 Å². The maximum Gasteiger partial charge on any atom is 0.132 e. The molecule has 0 saturated carbocycles. The van der Waals surface area contributed by atoms with E-state index in [4.69, 9.17) is 18.7 Å². The number of benzene rings is 2. The highest BCUT2D eigenvalue weighted by Gasteiger charge is 2.27.